The van der Waals surface area contributed by atoms with E-state index in [1.54, 1.807) is 7.11 Å². The van der Waals surface area contributed by atoms with Crippen LogP contribution in [0.15, 0.2) is 34.7 Å². The van der Waals surface area contributed by atoms with Crippen molar-refractivity contribution in [2.24, 2.45) is 0 Å². The van der Waals surface area contributed by atoms with Gasteiger partial charge in [-0.3, -0.25) is 0 Å². The first-order chi connectivity index (χ1) is 9.35. The molecule has 0 aliphatic carbocycles. The van der Waals surface area contributed by atoms with Crippen LogP contribution in [0.5, 0.6) is 0 Å². The molecule has 0 fully saturated rings. The Labute approximate surface area is 114 Å². The summed E-state index contributed by atoms with van der Waals surface area (Å²) < 4.78 is 11.1. The van der Waals surface area contributed by atoms with Crippen molar-refractivity contribution in [1.29, 1.82) is 0 Å². The number of hydrogen-bond donors (Lipinski definition) is 1. The number of fused-ring (bicyclic) bond motifs is 1. The molecule has 2 rings (SSSR count). The minimum absolute atomic E-state index is 0.280. The lowest BCUT2D eigenvalue weighted by atomic mass is 10.1. The van der Waals surface area contributed by atoms with Gasteiger partial charge in [0.2, 0.25) is 0 Å². The zero-order valence-electron chi connectivity index (χ0n) is 11.8. The summed E-state index contributed by atoms with van der Waals surface area (Å²) in [5.41, 5.74) is 0.965. The van der Waals surface area contributed by atoms with Crippen LogP contribution in [-0.4, -0.2) is 20.3 Å². The fourth-order valence-corrected chi connectivity index (χ4v) is 2.27. The molecule has 1 heterocycles. The van der Waals surface area contributed by atoms with Gasteiger partial charge in [0, 0.05) is 19.1 Å². The largest absolute Gasteiger partial charge is 0.459 e. The number of furan rings is 1. The Kier molecular flexibility index (Phi) is 5.43. The maximum absolute atomic E-state index is 5.95. The van der Waals surface area contributed by atoms with Crippen LogP contribution in [0.2, 0.25) is 0 Å². The van der Waals surface area contributed by atoms with E-state index < -0.39 is 0 Å². The van der Waals surface area contributed by atoms with Crippen molar-refractivity contribution in [1.82, 2.24) is 5.32 Å². The smallest absolute Gasteiger partial charge is 0.134 e. The molecule has 3 nitrogen and oxygen atoms in total. The molecule has 1 unspecified atom stereocenters. The van der Waals surface area contributed by atoms with Crippen molar-refractivity contribution >= 4 is 11.0 Å². The molecule has 0 spiro atoms. The minimum Gasteiger partial charge on any atom is -0.459 e. The normalized spacial score (nSPS) is 12.9. The molecule has 3 heteroatoms. The van der Waals surface area contributed by atoms with Gasteiger partial charge in [-0.05, 0) is 37.9 Å². The molecule has 0 aliphatic heterocycles. The first-order valence-electron chi connectivity index (χ1n) is 7.06. The van der Waals surface area contributed by atoms with E-state index in [1.807, 2.05) is 18.2 Å². The molecule has 19 heavy (non-hydrogen) atoms. The lowest BCUT2D eigenvalue weighted by Crippen LogP contribution is -2.22. The Balaban J connectivity index is 2.10. The number of rotatable bonds is 8. The van der Waals surface area contributed by atoms with Gasteiger partial charge in [-0.1, -0.05) is 25.1 Å². The van der Waals surface area contributed by atoms with Crippen molar-refractivity contribution in [2.75, 3.05) is 20.3 Å². The SMILES string of the molecule is CCCNC(CCCOC)c1cc2ccccc2o1. The molecule has 1 atom stereocenters. The first kappa shape index (κ1) is 14.1. The first-order valence-corrected chi connectivity index (χ1v) is 7.06. The fraction of sp³-hybridized carbons (Fsp3) is 0.500. The van der Waals surface area contributed by atoms with E-state index in [2.05, 4.69) is 24.4 Å². The number of benzene rings is 1. The van der Waals surface area contributed by atoms with Gasteiger partial charge in [-0.15, -0.1) is 0 Å². The Morgan fingerprint density at radius 1 is 1.32 bits per heavy atom. The maximum atomic E-state index is 5.95. The molecule has 0 saturated carbocycles. The van der Waals surface area contributed by atoms with Crippen molar-refractivity contribution in [3.63, 3.8) is 0 Å². The second kappa shape index (κ2) is 7.31. The van der Waals surface area contributed by atoms with Crippen molar-refractivity contribution in [3.8, 4) is 0 Å². The molecule has 2 aromatic rings. The Morgan fingerprint density at radius 3 is 2.89 bits per heavy atom. The molecule has 1 N–H and O–H groups in total. The summed E-state index contributed by atoms with van der Waals surface area (Å²) in [7, 11) is 1.75. The highest BCUT2D eigenvalue weighted by Gasteiger charge is 2.15. The van der Waals surface area contributed by atoms with E-state index in [-0.39, 0.29) is 6.04 Å². The summed E-state index contributed by atoms with van der Waals surface area (Å²) in [5, 5.41) is 4.73. The van der Waals surface area contributed by atoms with Crippen molar-refractivity contribution in [3.05, 3.63) is 36.1 Å². The number of ether oxygens (including phenoxy) is 1. The van der Waals surface area contributed by atoms with Gasteiger partial charge >= 0.3 is 0 Å². The van der Waals surface area contributed by atoms with Crippen molar-refractivity contribution < 1.29 is 9.15 Å². The van der Waals surface area contributed by atoms with Gasteiger partial charge in [0.15, 0.2) is 0 Å². The molecule has 0 saturated heterocycles. The van der Waals surface area contributed by atoms with E-state index in [0.29, 0.717) is 0 Å². The van der Waals surface area contributed by atoms with E-state index in [1.165, 1.54) is 5.39 Å². The van der Waals surface area contributed by atoms with Crippen LogP contribution in [0.3, 0.4) is 0 Å². The molecular formula is C16H23NO2. The zero-order valence-corrected chi connectivity index (χ0v) is 11.8. The van der Waals surface area contributed by atoms with Crippen LogP contribution in [0.1, 0.15) is 38.0 Å². The summed E-state index contributed by atoms with van der Waals surface area (Å²) in [4.78, 5) is 0. The zero-order chi connectivity index (χ0) is 13.5. The van der Waals surface area contributed by atoms with E-state index >= 15 is 0 Å². The molecule has 0 amide bonds. The Morgan fingerprint density at radius 2 is 2.16 bits per heavy atom. The van der Waals surface area contributed by atoms with Gasteiger partial charge in [0.1, 0.15) is 11.3 Å². The van der Waals surface area contributed by atoms with Crippen molar-refractivity contribution in [2.45, 2.75) is 32.2 Å². The predicted molar refractivity (Wildman–Crippen MR) is 78.4 cm³/mol. The molecular weight excluding hydrogens is 238 g/mol. The van der Waals surface area contributed by atoms with Gasteiger partial charge in [0.25, 0.3) is 0 Å². The van der Waals surface area contributed by atoms with E-state index in [0.717, 1.165) is 43.8 Å². The van der Waals surface area contributed by atoms with Crippen LogP contribution >= 0.6 is 0 Å². The lowest BCUT2D eigenvalue weighted by molar-refractivity contribution is 0.187. The van der Waals surface area contributed by atoms with Gasteiger partial charge in [0.05, 0.1) is 6.04 Å². The third-order valence-corrected chi connectivity index (χ3v) is 3.27. The highest BCUT2D eigenvalue weighted by Crippen LogP contribution is 2.26. The lowest BCUT2D eigenvalue weighted by Gasteiger charge is -2.15. The molecule has 0 radical (unpaired) electrons. The van der Waals surface area contributed by atoms with Gasteiger partial charge < -0.3 is 14.5 Å². The highest BCUT2D eigenvalue weighted by molar-refractivity contribution is 5.77. The molecule has 0 bridgehead atoms. The highest BCUT2D eigenvalue weighted by atomic mass is 16.5. The van der Waals surface area contributed by atoms with Crippen LogP contribution in [0.25, 0.3) is 11.0 Å². The summed E-state index contributed by atoms with van der Waals surface area (Å²) >= 11 is 0. The number of methoxy groups -OCH3 is 1. The molecule has 0 aliphatic rings. The summed E-state index contributed by atoms with van der Waals surface area (Å²) in [6, 6.07) is 10.6. The van der Waals surface area contributed by atoms with Crippen LogP contribution in [0, 0.1) is 0 Å². The van der Waals surface area contributed by atoms with Gasteiger partial charge in [-0.2, -0.15) is 0 Å². The summed E-state index contributed by atoms with van der Waals surface area (Å²) in [6.07, 6.45) is 3.20. The summed E-state index contributed by atoms with van der Waals surface area (Å²) in [5.74, 6) is 1.03. The van der Waals surface area contributed by atoms with Crippen LogP contribution in [0.4, 0.5) is 0 Å². The summed E-state index contributed by atoms with van der Waals surface area (Å²) in [6.45, 7) is 3.98. The topological polar surface area (TPSA) is 34.4 Å². The average molecular weight is 261 g/mol. The maximum Gasteiger partial charge on any atom is 0.134 e. The third kappa shape index (κ3) is 3.82. The predicted octanol–water partition coefficient (Wildman–Crippen LogP) is 3.90. The average Bonchev–Trinajstić information content (AvgIpc) is 2.86. The fourth-order valence-electron chi connectivity index (χ4n) is 2.27. The molecule has 1 aromatic carbocycles. The Bertz CT molecular complexity index is 459. The quantitative estimate of drug-likeness (QED) is 0.732. The standard InChI is InChI=1S/C16H23NO2/c1-3-10-17-14(8-6-11-18-2)16-12-13-7-4-5-9-15(13)19-16/h4-5,7,9,12,14,17H,3,6,8,10-11H2,1-2H3. The van der Waals surface area contributed by atoms with Crippen LogP contribution < -0.4 is 5.32 Å². The minimum atomic E-state index is 0.280. The number of nitrogens with one attached hydrogen (secondary N) is 1. The van der Waals surface area contributed by atoms with E-state index in [4.69, 9.17) is 9.15 Å². The monoisotopic (exact) mass is 261 g/mol. The van der Waals surface area contributed by atoms with Gasteiger partial charge in [-0.25, -0.2) is 0 Å². The number of hydrogen-bond acceptors (Lipinski definition) is 3. The molecule has 104 valence electrons. The van der Waals surface area contributed by atoms with Crippen LogP contribution in [-0.2, 0) is 4.74 Å². The number of para-hydroxylation sites is 1. The molecule has 1 aromatic heterocycles. The van der Waals surface area contributed by atoms with E-state index in [9.17, 15) is 0 Å². The second-order valence-corrected chi connectivity index (χ2v) is 4.83. The second-order valence-electron chi connectivity index (χ2n) is 4.83. The third-order valence-electron chi connectivity index (χ3n) is 3.27. The Hall–Kier alpha value is -1.32.